The summed E-state index contributed by atoms with van der Waals surface area (Å²) in [5, 5.41) is 3.12. The maximum absolute atomic E-state index is 12.1. The molecule has 0 aliphatic carbocycles. The number of nitrogen functional groups attached to an aromatic ring is 1. The first-order valence-corrected chi connectivity index (χ1v) is 6.30. The minimum Gasteiger partial charge on any atom is -0.398 e. The molecule has 2 rings (SSSR count). The molecule has 2 aromatic rings. The van der Waals surface area contributed by atoms with Gasteiger partial charge in [-0.1, -0.05) is 18.2 Å². The molecule has 100 valence electrons. The Kier molecular flexibility index (Phi) is 3.85. The summed E-state index contributed by atoms with van der Waals surface area (Å²) in [6, 6.07) is 7.52. The van der Waals surface area contributed by atoms with Crippen LogP contribution >= 0.6 is 0 Å². The lowest BCUT2D eigenvalue weighted by atomic mass is 10.1. The van der Waals surface area contributed by atoms with Crippen LogP contribution in [0.3, 0.4) is 0 Å². The number of nitrogens with zero attached hydrogens (tertiary/aromatic N) is 2. The topological polar surface area (TPSA) is 72.9 Å². The SMILES string of the molecule is CCn1ccnc(NC(C)c2ccccc2N)c1=O. The van der Waals surface area contributed by atoms with E-state index in [0.717, 1.165) is 5.56 Å². The molecule has 0 bridgehead atoms. The number of nitrogens with two attached hydrogens (primary N) is 1. The summed E-state index contributed by atoms with van der Waals surface area (Å²) < 4.78 is 1.61. The molecule has 0 fully saturated rings. The Morgan fingerprint density at radius 3 is 2.84 bits per heavy atom. The molecule has 5 nitrogen and oxygen atoms in total. The van der Waals surface area contributed by atoms with Crippen LogP contribution in [0.15, 0.2) is 41.5 Å². The van der Waals surface area contributed by atoms with Gasteiger partial charge in [0.1, 0.15) is 0 Å². The number of para-hydroxylation sites is 1. The monoisotopic (exact) mass is 258 g/mol. The zero-order valence-corrected chi connectivity index (χ0v) is 11.1. The van der Waals surface area contributed by atoms with E-state index in [4.69, 9.17) is 5.73 Å². The standard InChI is InChI=1S/C14H18N4O/c1-3-18-9-8-16-13(14(18)19)17-10(2)11-6-4-5-7-12(11)15/h4-10H,3,15H2,1-2H3,(H,16,17). The molecule has 5 heteroatoms. The molecule has 0 spiro atoms. The average Bonchev–Trinajstić information content (AvgIpc) is 2.41. The lowest BCUT2D eigenvalue weighted by Crippen LogP contribution is -2.25. The van der Waals surface area contributed by atoms with Gasteiger partial charge in [-0.3, -0.25) is 4.79 Å². The smallest absolute Gasteiger partial charge is 0.293 e. The van der Waals surface area contributed by atoms with Crippen molar-refractivity contribution in [3.63, 3.8) is 0 Å². The minimum absolute atomic E-state index is 0.0749. The number of aryl methyl sites for hydroxylation is 1. The van der Waals surface area contributed by atoms with Crippen molar-refractivity contribution >= 4 is 11.5 Å². The molecule has 1 aromatic carbocycles. The van der Waals surface area contributed by atoms with Crippen molar-refractivity contribution in [2.45, 2.75) is 26.4 Å². The van der Waals surface area contributed by atoms with Gasteiger partial charge >= 0.3 is 0 Å². The second kappa shape index (κ2) is 5.56. The zero-order chi connectivity index (χ0) is 13.8. The van der Waals surface area contributed by atoms with Crippen molar-refractivity contribution in [1.82, 2.24) is 9.55 Å². The fourth-order valence-corrected chi connectivity index (χ4v) is 1.98. The molecular formula is C14H18N4O. The normalized spacial score (nSPS) is 12.1. The van der Waals surface area contributed by atoms with E-state index in [1.165, 1.54) is 0 Å². The fraction of sp³-hybridized carbons (Fsp3) is 0.286. The van der Waals surface area contributed by atoms with E-state index >= 15 is 0 Å². The summed E-state index contributed by atoms with van der Waals surface area (Å²) in [6.07, 6.45) is 3.30. The van der Waals surface area contributed by atoms with Crippen LogP contribution in [0.2, 0.25) is 0 Å². The third kappa shape index (κ3) is 2.76. The van der Waals surface area contributed by atoms with Crippen LogP contribution in [0.4, 0.5) is 11.5 Å². The Labute approximate surface area is 112 Å². The highest BCUT2D eigenvalue weighted by atomic mass is 16.1. The van der Waals surface area contributed by atoms with Crippen LogP contribution in [-0.4, -0.2) is 9.55 Å². The third-order valence-electron chi connectivity index (χ3n) is 3.07. The van der Waals surface area contributed by atoms with Crippen molar-refractivity contribution < 1.29 is 0 Å². The van der Waals surface area contributed by atoms with Gasteiger partial charge in [0.25, 0.3) is 5.56 Å². The second-order valence-corrected chi connectivity index (χ2v) is 4.36. The highest BCUT2D eigenvalue weighted by molar-refractivity contribution is 5.50. The maximum Gasteiger partial charge on any atom is 0.293 e. The maximum atomic E-state index is 12.1. The van der Waals surface area contributed by atoms with Crippen LogP contribution in [0.5, 0.6) is 0 Å². The number of rotatable bonds is 4. The summed E-state index contributed by atoms with van der Waals surface area (Å²) in [7, 11) is 0. The number of nitrogens with one attached hydrogen (secondary N) is 1. The van der Waals surface area contributed by atoms with Crippen LogP contribution in [0, 0.1) is 0 Å². The molecule has 0 amide bonds. The van der Waals surface area contributed by atoms with E-state index in [2.05, 4.69) is 10.3 Å². The molecule has 0 aliphatic rings. The van der Waals surface area contributed by atoms with E-state index in [9.17, 15) is 4.79 Å². The fourth-order valence-electron chi connectivity index (χ4n) is 1.98. The van der Waals surface area contributed by atoms with Crippen LogP contribution < -0.4 is 16.6 Å². The quantitative estimate of drug-likeness (QED) is 0.823. The van der Waals surface area contributed by atoms with E-state index < -0.39 is 0 Å². The Hall–Kier alpha value is -2.30. The van der Waals surface area contributed by atoms with Crippen LogP contribution in [0.25, 0.3) is 0 Å². The summed E-state index contributed by atoms with van der Waals surface area (Å²) in [6.45, 7) is 4.50. The molecule has 0 radical (unpaired) electrons. The molecule has 19 heavy (non-hydrogen) atoms. The van der Waals surface area contributed by atoms with Crippen molar-refractivity contribution in [1.29, 1.82) is 0 Å². The largest absolute Gasteiger partial charge is 0.398 e. The summed E-state index contributed by atoms with van der Waals surface area (Å²) in [5.74, 6) is 0.347. The predicted molar refractivity (Wildman–Crippen MR) is 77.1 cm³/mol. The van der Waals surface area contributed by atoms with Gasteiger partial charge in [-0.2, -0.15) is 0 Å². The molecule has 3 N–H and O–H groups in total. The molecular weight excluding hydrogens is 240 g/mol. The first kappa shape index (κ1) is 13.1. The molecule has 0 aliphatic heterocycles. The first-order chi connectivity index (χ1) is 9.13. The van der Waals surface area contributed by atoms with Gasteiger partial charge in [-0.05, 0) is 25.5 Å². The average molecular weight is 258 g/mol. The minimum atomic E-state index is -0.119. The Morgan fingerprint density at radius 1 is 1.42 bits per heavy atom. The van der Waals surface area contributed by atoms with Crippen molar-refractivity contribution in [2.75, 3.05) is 11.1 Å². The second-order valence-electron chi connectivity index (χ2n) is 4.36. The van der Waals surface area contributed by atoms with Crippen molar-refractivity contribution in [3.05, 3.63) is 52.6 Å². The van der Waals surface area contributed by atoms with Crippen LogP contribution in [0.1, 0.15) is 25.5 Å². The molecule has 1 aromatic heterocycles. The van der Waals surface area contributed by atoms with Gasteiger partial charge in [0.2, 0.25) is 0 Å². The molecule has 0 saturated carbocycles. The molecule has 1 unspecified atom stereocenters. The van der Waals surface area contributed by atoms with Gasteiger partial charge in [-0.25, -0.2) is 4.98 Å². The number of anilines is 2. The third-order valence-corrected chi connectivity index (χ3v) is 3.07. The summed E-state index contributed by atoms with van der Waals surface area (Å²) in [5.41, 5.74) is 7.46. The van der Waals surface area contributed by atoms with Crippen LogP contribution in [-0.2, 0) is 6.54 Å². The van der Waals surface area contributed by atoms with Gasteiger partial charge < -0.3 is 15.6 Å². The highest BCUT2D eigenvalue weighted by Crippen LogP contribution is 2.21. The van der Waals surface area contributed by atoms with E-state index in [0.29, 0.717) is 18.1 Å². The van der Waals surface area contributed by atoms with E-state index in [1.807, 2.05) is 38.1 Å². The number of aromatic nitrogens is 2. The Balaban J connectivity index is 2.27. The number of hydrogen-bond acceptors (Lipinski definition) is 4. The van der Waals surface area contributed by atoms with Gasteiger partial charge in [-0.15, -0.1) is 0 Å². The first-order valence-electron chi connectivity index (χ1n) is 6.30. The lowest BCUT2D eigenvalue weighted by molar-refractivity contribution is 0.714. The number of benzene rings is 1. The Morgan fingerprint density at radius 2 is 2.16 bits per heavy atom. The summed E-state index contributed by atoms with van der Waals surface area (Å²) in [4.78, 5) is 16.2. The highest BCUT2D eigenvalue weighted by Gasteiger charge is 2.11. The predicted octanol–water partition coefficient (Wildman–Crippen LogP) is 2.02. The Bertz CT molecular complexity index is 621. The van der Waals surface area contributed by atoms with Gasteiger partial charge in [0, 0.05) is 24.6 Å². The van der Waals surface area contributed by atoms with E-state index in [-0.39, 0.29) is 11.6 Å². The molecule has 0 saturated heterocycles. The summed E-state index contributed by atoms with van der Waals surface area (Å²) >= 11 is 0. The van der Waals surface area contributed by atoms with E-state index in [1.54, 1.807) is 17.0 Å². The molecule has 1 heterocycles. The van der Waals surface area contributed by atoms with Crippen molar-refractivity contribution in [3.8, 4) is 0 Å². The van der Waals surface area contributed by atoms with Gasteiger partial charge in [0.15, 0.2) is 5.82 Å². The van der Waals surface area contributed by atoms with Gasteiger partial charge in [0.05, 0.1) is 6.04 Å². The molecule has 1 atom stereocenters. The number of hydrogen-bond donors (Lipinski definition) is 2. The van der Waals surface area contributed by atoms with Crippen molar-refractivity contribution in [2.24, 2.45) is 0 Å². The lowest BCUT2D eigenvalue weighted by Gasteiger charge is -2.16. The zero-order valence-electron chi connectivity index (χ0n) is 11.1.